The molecule has 0 fully saturated rings. The Bertz CT molecular complexity index is 1110. The van der Waals surface area contributed by atoms with Gasteiger partial charge in [0.2, 0.25) is 0 Å². The van der Waals surface area contributed by atoms with Gasteiger partial charge in [-0.05, 0) is 29.8 Å². The minimum atomic E-state index is -0.167. The molecule has 4 aromatic rings. The van der Waals surface area contributed by atoms with E-state index in [1.54, 1.807) is 0 Å². The number of hydrogen-bond acceptors (Lipinski definition) is 4. The molecule has 0 bridgehead atoms. The van der Waals surface area contributed by atoms with Crippen LogP contribution in [0.15, 0.2) is 77.0 Å². The summed E-state index contributed by atoms with van der Waals surface area (Å²) >= 11 is 1.36. The summed E-state index contributed by atoms with van der Waals surface area (Å²) in [5.41, 5.74) is 6.28. The van der Waals surface area contributed by atoms with Gasteiger partial charge in [-0.1, -0.05) is 66.4 Å². The van der Waals surface area contributed by atoms with Crippen molar-refractivity contribution in [2.45, 2.75) is 12.1 Å². The van der Waals surface area contributed by atoms with Crippen LogP contribution in [0.25, 0.3) is 21.8 Å². The Kier molecular flexibility index (Phi) is 4.89. The highest BCUT2D eigenvalue weighted by Gasteiger charge is 2.08. The standard InChI is InChI=1S/C21H18N4OS/c1-14(16-10-6-8-15-7-2-3-9-17(15)16)24-25-20(26)13-27-21-22-18-11-4-5-12-19(18)23-21/h2-12H,13H2,1H3,(H,22,23)(H,25,26)/b24-14-. The minimum absolute atomic E-state index is 0.167. The lowest BCUT2D eigenvalue weighted by atomic mass is 10.0. The van der Waals surface area contributed by atoms with Gasteiger partial charge in [0.05, 0.1) is 22.5 Å². The number of fused-ring (bicyclic) bond motifs is 2. The molecule has 0 saturated carbocycles. The number of carbonyl (C=O) groups is 1. The van der Waals surface area contributed by atoms with Crippen molar-refractivity contribution in [3.8, 4) is 0 Å². The van der Waals surface area contributed by atoms with Gasteiger partial charge in [0.25, 0.3) is 5.91 Å². The summed E-state index contributed by atoms with van der Waals surface area (Å²) in [6.07, 6.45) is 0. The molecule has 1 heterocycles. The van der Waals surface area contributed by atoms with Crippen LogP contribution in [-0.2, 0) is 4.79 Å². The first-order chi connectivity index (χ1) is 13.2. The van der Waals surface area contributed by atoms with Crippen LogP contribution in [0.4, 0.5) is 0 Å². The maximum absolute atomic E-state index is 12.2. The Balaban J connectivity index is 1.41. The van der Waals surface area contributed by atoms with E-state index in [2.05, 4.69) is 38.7 Å². The summed E-state index contributed by atoms with van der Waals surface area (Å²) < 4.78 is 0. The highest BCUT2D eigenvalue weighted by atomic mass is 32.2. The van der Waals surface area contributed by atoms with E-state index in [1.165, 1.54) is 11.8 Å². The summed E-state index contributed by atoms with van der Waals surface area (Å²) in [4.78, 5) is 19.8. The highest BCUT2D eigenvalue weighted by molar-refractivity contribution is 7.99. The zero-order valence-corrected chi connectivity index (χ0v) is 15.6. The Morgan fingerprint density at radius 1 is 1.07 bits per heavy atom. The van der Waals surface area contributed by atoms with Crippen LogP contribution in [-0.4, -0.2) is 27.3 Å². The van der Waals surface area contributed by atoms with Crippen molar-refractivity contribution in [2.75, 3.05) is 5.75 Å². The minimum Gasteiger partial charge on any atom is -0.333 e. The van der Waals surface area contributed by atoms with Gasteiger partial charge in [0, 0.05) is 5.56 Å². The van der Waals surface area contributed by atoms with Gasteiger partial charge in [0.1, 0.15) is 0 Å². The van der Waals surface area contributed by atoms with Gasteiger partial charge in [0.15, 0.2) is 5.16 Å². The summed E-state index contributed by atoms with van der Waals surface area (Å²) in [6, 6.07) is 22.0. The number of imidazole rings is 1. The summed E-state index contributed by atoms with van der Waals surface area (Å²) in [5.74, 6) is 0.0756. The number of amides is 1. The molecule has 1 aromatic heterocycles. The van der Waals surface area contributed by atoms with E-state index in [1.807, 2.05) is 55.5 Å². The van der Waals surface area contributed by atoms with Gasteiger partial charge in [-0.2, -0.15) is 5.10 Å². The fourth-order valence-corrected chi connectivity index (χ4v) is 3.59. The molecule has 6 heteroatoms. The molecular formula is C21H18N4OS. The summed E-state index contributed by atoms with van der Waals surface area (Å²) in [6.45, 7) is 1.90. The van der Waals surface area contributed by atoms with Crippen molar-refractivity contribution < 1.29 is 4.79 Å². The monoisotopic (exact) mass is 374 g/mol. The van der Waals surface area contributed by atoms with E-state index in [0.29, 0.717) is 0 Å². The van der Waals surface area contributed by atoms with Crippen LogP contribution in [0.5, 0.6) is 0 Å². The van der Waals surface area contributed by atoms with Crippen LogP contribution in [0.1, 0.15) is 12.5 Å². The maximum Gasteiger partial charge on any atom is 0.250 e. The number of nitrogens with zero attached hydrogens (tertiary/aromatic N) is 2. The van der Waals surface area contributed by atoms with Gasteiger partial charge in [-0.3, -0.25) is 4.79 Å². The van der Waals surface area contributed by atoms with Crippen LogP contribution < -0.4 is 5.43 Å². The van der Waals surface area contributed by atoms with Crippen LogP contribution in [0, 0.1) is 0 Å². The first kappa shape index (κ1) is 17.3. The van der Waals surface area contributed by atoms with Crippen molar-refractivity contribution in [3.05, 3.63) is 72.3 Å². The Morgan fingerprint density at radius 3 is 2.74 bits per heavy atom. The zero-order chi connectivity index (χ0) is 18.6. The van der Waals surface area contributed by atoms with Gasteiger partial charge >= 0.3 is 0 Å². The van der Waals surface area contributed by atoms with E-state index in [0.717, 1.165) is 38.2 Å². The Hall–Kier alpha value is -3.12. The molecule has 5 nitrogen and oxygen atoms in total. The Morgan fingerprint density at radius 2 is 1.85 bits per heavy atom. The van der Waals surface area contributed by atoms with Crippen molar-refractivity contribution >= 4 is 45.2 Å². The molecule has 27 heavy (non-hydrogen) atoms. The average Bonchev–Trinajstić information content (AvgIpc) is 3.13. The third-order valence-electron chi connectivity index (χ3n) is 4.24. The molecule has 4 rings (SSSR count). The second-order valence-corrected chi connectivity index (χ2v) is 7.07. The lowest BCUT2D eigenvalue weighted by Crippen LogP contribution is -2.21. The number of carbonyl (C=O) groups excluding carboxylic acids is 1. The Labute approximate surface area is 160 Å². The quantitative estimate of drug-likeness (QED) is 0.310. The summed E-state index contributed by atoms with van der Waals surface area (Å²) in [5, 5.41) is 7.26. The van der Waals surface area contributed by atoms with Crippen molar-refractivity contribution in [1.29, 1.82) is 0 Å². The van der Waals surface area contributed by atoms with Crippen LogP contribution in [0.3, 0.4) is 0 Å². The predicted octanol–water partition coefficient (Wildman–Crippen LogP) is 4.35. The lowest BCUT2D eigenvalue weighted by Gasteiger charge is -2.06. The van der Waals surface area contributed by atoms with E-state index < -0.39 is 0 Å². The average molecular weight is 374 g/mol. The van der Waals surface area contributed by atoms with E-state index in [4.69, 9.17) is 0 Å². The molecule has 0 radical (unpaired) electrons. The fraction of sp³-hybridized carbons (Fsp3) is 0.0952. The number of aromatic nitrogens is 2. The van der Waals surface area contributed by atoms with E-state index in [-0.39, 0.29) is 11.7 Å². The molecule has 0 aliphatic rings. The number of hydrazone groups is 1. The number of thioether (sulfide) groups is 1. The molecule has 0 unspecified atom stereocenters. The highest BCUT2D eigenvalue weighted by Crippen LogP contribution is 2.20. The van der Waals surface area contributed by atoms with Gasteiger partial charge < -0.3 is 4.98 Å². The number of benzene rings is 3. The number of H-pyrrole nitrogens is 1. The second-order valence-electron chi connectivity index (χ2n) is 6.11. The molecule has 0 aliphatic carbocycles. The smallest absolute Gasteiger partial charge is 0.250 e. The van der Waals surface area contributed by atoms with Gasteiger partial charge in [-0.15, -0.1) is 0 Å². The first-order valence-corrected chi connectivity index (χ1v) is 9.58. The zero-order valence-electron chi connectivity index (χ0n) is 14.8. The SMILES string of the molecule is C/C(=N/NC(=O)CSc1nc2ccccc2[nH]1)c1cccc2ccccc12. The molecule has 2 N–H and O–H groups in total. The van der Waals surface area contributed by atoms with E-state index >= 15 is 0 Å². The number of hydrogen-bond donors (Lipinski definition) is 2. The second kappa shape index (κ2) is 7.63. The normalized spacial score (nSPS) is 11.8. The van der Waals surface area contributed by atoms with Gasteiger partial charge in [-0.25, -0.2) is 10.4 Å². The number of nitrogens with one attached hydrogen (secondary N) is 2. The molecule has 134 valence electrons. The molecule has 3 aromatic carbocycles. The van der Waals surface area contributed by atoms with Crippen molar-refractivity contribution in [1.82, 2.24) is 15.4 Å². The molecule has 1 amide bonds. The van der Waals surface area contributed by atoms with E-state index in [9.17, 15) is 4.79 Å². The molecule has 0 spiro atoms. The topological polar surface area (TPSA) is 70.1 Å². The number of rotatable bonds is 5. The van der Waals surface area contributed by atoms with Crippen LogP contribution >= 0.6 is 11.8 Å². The first-order valence-electron chi connectivity index (χ1n) is 8.59. The van der Waals surface area contributed by atoms with Crippen molar-refractivity contribution in [3.63, 3.8) is 0 Å². The fourth-order valence-electron chi connectivity index (χ4n) is 2.91. The predicted molar refractivity (Wildman–Crippen MR) is 111 cm³/mol. The number of aromatic amines is 1. The molecule has 0 atom stereocenters. The largest absolute Gasteiger partial charge is 0.333 e. The summed E-state index contributed by atoms with van der Waals surface area (Å²) in [7, 11) is 0. The third kappa shape index (κ3) is 3.85. The molecular weight excluding hydrogens is 356 g/mol. The molecule has 0 saturated heterocycles. The molecule has 0 aliphatic heterocycles. The van der Waals surface area contributed by atoms with Crippen molar-refractivity contribution in [2.24, 2.45) is 5.10 Å². The van der Waals surface area contributed by atoms with Crippen LogP contribution in [0.2, 0.25) is 0 Å². The lowest BCUT2D eigenvalue weighted by molar-refractivity contribution is -0.118. The third-order valence-corrected chi connectivity index (χ3v) is 5.11. The number of para-hydroxylation sites is 2. The maximum atomic E-state index is 12.2.